The van der Waals surface area contributed by atoms with E-state index in [-0.39, 0.29) is 6.61 Å². The predicted octanol–water partition coefficient (Wildman–Crippen LogP) is 2.01. The molecule has 0 fully saturated rings. The van der Waals surface area contributed by atoms with E-state index < -0.39 is 0 Å². The van der Waals surface area contributed by atoms with Crippen molar-refractivity contribution in [3.63, 3.8) is 0 Å². The van der Waals surface area contributed by atoms with Crippen LogP contribution >= 0.6 is 11.3 Å². The quantitative estimate of drug-likeness (QED) is 0.778. The summed E-state index contributed by atoms with van der Waals surface area (Å²) in [4.78, 5) is 4.35. The molecule has 0 aliphatic rings. The van der Waals surface area contributed by atoms with Gasteiger partial charge in [0.2, 0.25) is 0 Å². The summed E-state index contributed by atoms with van der Waals surface area (Å²) in [6.45, 7) is 4.38. The Kier molecular flexibility index (Phi) is 3.69. The van der Waals surface area contributed by atoms with E-state index in [0.717, 1.165) is 23.5 Å². The average molecular weight is 185 g/mol. The van der Waals surface area contributed by atoms with Gasteiger partial charge < -0.3 is 5.11 Å². The van der Waals surface area contributed by atoms with Crippen molar-refractivity contribution >= 4 is 11.3 Å². The van der Waals surface area contributed by atoms with Gasteiger partial charge in [-0.15, -0.1) is 11.3 Å². The highest BCUT2D eigenvalue weighted by Gasteiger charge is 2.07. The molecule has 1 unspecified atom stereocenters. The largest absolute Gasteiger partial charge is 0.396 e. The van der Waals surface area contributed by atoms with Crippen molar-refractivity contribution in [3.8, 4) is 0 Å². The first kappa shape index (κ1) is 9.68. The molecule has 1 aromatic rings. The molecule has 0 aliphatic heterocycles. The molecule has 1 heterocycles. The van der Waals surface area contributed by atoms with Gasteiger partial charge in [0.05, 0.1) is 10.7 Å². The number of aryl methyl sites for hydroxylation is 1. The van der Waals surface area contributed by atoms with Crippen LogP contribution in [0.5, 0.6) is 0 Å². The predicted molar refractivity (Wildman–Crippen MR) is 51.4 cm³/mol. The normalized spacial score (nSPS) is 13.2. The van der Waals surface area contributed by atoms with Crippen LogP contribution in [0.3, 0.4) is 0 Å². The molecule has 0 saturated carbocycles. The van der Waals surface area contributed by atoms with Crippen molar-refractivity contribution in [2.75, 3.05) is 6.61 Å². The van der Waals surface area contributed by atoms with E-state index in [4.69, 9.17) is 5.11 Å². The highest BCUT2D eigenvalue weighted by atomic mass is 32.1. The Hall–Kier alpha value is -0.410. The monoisotopic (exact) mass is 185 g/mol. The highest BCUT2D eigenvalue weighted by Crippen LogP contribution is 2.14. The Morgan fingerprint density at radius 1 is 1.67 bits per heavy atom. The molecule has 0 bridgehead atoms. The first-order valence-corrected chi connectivity index (χ1v) is 5.16. The minimum atomic E-state index is 0.271. The standard InChI is InChI=1S/C9H15NOS/c1-3-8(5-11)4-9-6-12-7(2)10-9/h6,8,11H,3-5H2,1-2H3. The lowest BCUT2D eigenvalue weighted by atomic mass is 10.0. The van der Waals surface area contributed by atoms with Crippen LogP contribution in [0.25, 0.3) is 0 Å². The maximum atomic E-state index is 8.97. The Bertz CT molecular complexity index is 230. The lowest BCUT2D eigenvalue weighted by Gasteiger charge is -2.08. The van der Waals surface area contributed by atoms with Gasteiger partial charge in [-0.3, -0.25) is 0 Å². The van der Waals surface area contributed by atoms with Crippen LogP contribution in [0.15, 0.2) is 5.38 Å². The minimum Gasteiger partial charge on any atom is -0.396 e. The van der Waals surface area contributed by atoms with E-state index in [0.29, 0.717) is 5.92 Å². The average Bonchev–Trinajstić information content (AvgIpc) is 2.47. The second-order valence-corrected chi connectivity index (χ2v) is 4.08. The summed E-state index contributed by atoms with van der Waals surface area (Å²) in [5, 5.41) is 12.2. The number of aliphatic hydroxyl groups is 1. The molecule has 68 valence electrons. The zero-order chi connectivity index (χ0) is 8.97. The van der Waals surface area contributed by atoms with E-state index >= 15 is 0 Å². The maximum Gasteiger partial charge on any atom is 0.0897 e. The van der Waals surface area contributed by atoms with Gasteiger partial charge >= 0.3 is 0 Å². The summed E-state index contributed by atoms with van der Waals surface area (Å²) in [6, 6.07) is 0. The summed E-state index contributed by atoms with van der Waals surface area (Å²) in [6.07, 6.45) is 1.93. The molecule has 2 nitrogen and oxygen atoms in total. The van der Waals surface area contributed by atoms with Crippen LogP contribution in [0, 0.1) is 12.8 Å². The fourth-order valence-electron chi connectivity index (χ4n) is 1.14. The molecular weight excluding hydrogens is 170 g/mol. The van der Waals surface area contributed by atoms with Gasteiger partial charge in [-0.1, -0.05) is 13.3 Å². The molecule has 0 radical (unpaired) electrons. The molecule has 1 atom stereocenters. The third kappa shape index (κ3) is 2.57. The maximum absolute atomic E-state index is 8.97. The van der Waals surface area contributed by atoms with Crippen LogP contribution in [-0.2, 0) is 6.42 Å². The van der Waals surface area contributed by atoms with Gasteiger partial charge in [-0.2, -0.15) is 0 Å². The second kappa shape index (κ2) is 4.58. The van der Waals surface area contributed by atoms with Gasteiger partial charge in [0.25, 0.3) is 0 Å². The molecule has 3 heteroatoms. The summed E-state index contributed by atoms with van der Waals surface area (Å²) in [5.41, 5.74) is 1.12. The van der Waals surface area contributed by atoms with Crippen LogP contribution in [0.2, 0.25) is 0 Å². The van der Waals surface area contributed by atoms with Crippen molar-refractivity contribution in [1.29, 1.82) is 0 Å². The van der Waals surface area contributed by atoms with E-state index in [1.807, 2.05) is 6.92 Å². The molecular formula is C9H15NOS. The third-order valence-electron chi connectivity index (χ3n) is 2.00. The van der Waals surface area contributed by atoms with Gasteiger partial charge in [-0.05, 0) is 19.3 Å². The van der Waals surface area contributed by atoms with Gasteiger partial charge in [0.15, 0.2) is 0 Å². The smallest absolute Gasteiger partial charge is 0.0897 e. The summed E-state index contributed by atoms with van der Waals surface area (Å²) < 4.78 is 0. The van der Waals surface area contributed by atoms with Crippen molar-refractivity contribution in [2.45, 2.75) is 26.7 Å². The zero-order valence-electron chi connectivity index (χ0n) is 7.58. The fraction of sp³-hybridized carbons (Fsp3) is 0.667. The van der Waals surface area contributed by atoms with E-state index in [1.165, 1.54) is 0 Å². The number of hydrogen-bond donors (Lipinski definition) is 1. The zero-order valence-corrected chi connectivity index (χ0v) is 8.40. The second-order valence-electron chi connectivity index (χ2n) is 3.02. The Labute approximate surface area is 77.3 Å². The van der Waals surface area contributed by atoms with E-state index in [1.54, 1.807) is 11.3 Å². The summed E-state index contributed by atoms with van der Waals surface area (Å²) >= 11 is 1.67. The highest BCUT2D eigenvalue weighted by molar-refractivity contribution is 7.09. The first-order chi connectivity index (χ1) is 5.76. The number of thiazole rings is 1. The van der Waals surface area contributed by atoms with Crippen LogP contribution in [-0.4, -0.2) is 16.7 Å². The van der Waals surface area contributed by atoms with Crippen molar-refractivity contribution in [3.05, 3.63) is 16.1 Å². The molecule has 0 aliphatic carbocycles. The molecule has 1 rings (SSSR count). The van der Waals surface area contributed by atoms with Crippen LogP contribution in [0.1, 0.15) is 24.0 Å². The molecule has 0 aromatic carbocycles. The number of nitrogens with zero attached hydrogens (tertiary/aromatic N) is 1. The van der Waals surface area contributed by atoms with E-state index in [2.05, 4.69) is 17.3 Å². The third-order valence-corrected chi connectivity index (χ3v) is 2.82. The Balaban J connectivity index is 2.50. The first-order valence-electron chi connectivity index (χ1n) is 4.28. The van der Waals surface area contributed by atoms with Gasteiger partial charge in [-0.25, -0.2) is 4.98 Å². The number of aliphatic hydroxyl groups excluding tert-OH is 1. The SMILES string of the molecule is CCC(CO)Cc1csc(C)n1. The molecule has 1 N–H and O–H groups in total. The van der Waals surface area contributed by atoms with Crippen molar-refractivity contribution in [2.24, 2.45) is 5.92 Å². The van der Waals surface area contributed by atoms with E-state index in [9.17, 15) is 0 Å². The van der Waals surface area contributed by atoms with Crippen molar-refractivity contribution in [1.82, 2.24) is 4.98 Å². The lowest BCUT2D eigenvalue weighted by molar-refractivity contribution is 0.221. The molecule has 12 heavy (non-hydrogen) atoms. The summed E-state index contributed by atoms with van der Waals surface area (Å²) in [5.74, 6) is 0.381. The van der Waals surface area contributed by atoms with Gasteiger partial charge in [0.1, 0.15) is 0 Å². The fourth-order valence-corrected chi connectivity index (χ4v) is 1.76. The van der Waals surface area contributed by atoms with Crippen LogP contribution < -0.4 is 0 Å². The molecule has 1 aromatic heterocycles. The molecule has 0 saturated heterocycles. The molecule has 0 spiro atoms. The lowest BCUT2D eigenvalue weighted by Crippen LogP contribution is -2.08. The Morgan fingerprint density at radius 2 is 2.42 bits per heavy atom. The minimum absolute atomic E-state index is 0.271. The van der Waals surface area contributed by atoms with Crippen molar-refractivity contribution < 1.29 is 5.11 Å². The summed E-state index contributed by atoms with van der Waals surface area (Å²) in [7, 11) is 0. The topological polar surface area (TPSA) is 33.1 Å². The molecule has 0 amide bonds. The number of rotatable bonds is 4. The number of hydrogen-bond acceptors (Lipinski definition) is 3. The Morgan fingerprint density at radius 3 is 2.83 bits per heavy atom. The number of aromatic nitrogens is 1. The van der Waals surface area contributed by atoms with Gasteiger partial charge in [0, 0.05) is 12.0 Å². The van der Waals surface area contributed by atoms with Crippen LogP contribution in [0.4, 0.5) is 0 Å².